The van der Waals surface area contributed by atoms with Crippen molar-refractivity contribution >= 4 is 28.0 Å². The summed E-state index contributed by atoms with van der Waals surface area (Å²) in [7, 11) is -1.65. The molecule has 1 saturated carbocycles. The summed E-state index contributed by atoms with van der Waals surface area (Å²) in [5, 5.41) is 18.8. The van der Waals surface area contributed by atoms with Crippen LogP contribution in [0.4, 0.5) is 30.2 Å². The normalized spacial score (nSPS) is 13.6. The van der Waals surface area contributed by atoms with Crippen molar-refractivity contribution < 1.29 is 37.1 Å². The first kappa shape index (κ1) is 40.5. The van der Waals surface area contributed by atoms with Crippen molar-refractivity contribution in [3.8, 4) is 5.75 Å². The van der Waals surface area contributed by atoms with Crippen molar-refractivity contribution in [2.45, 2.75) is 90.5 Å². The molecule has 1 atom stereocenters. The molecule has 0 aromatic heterocycles. The van der Waals surface area contributed by atoms with Crippen LogP contribution in [0, 0.1) is 24.4 Å². The van der Waals surface area contributed by atoms with Crippen molar-refractivity contribution in [1.82, 2.24) is 0 Å². The van der Waals surface area contributed by atoms with Crippen LogP contribution in [0.1, 0.15) is 76.5 Å². The monoisotopic (exact) mass is 714 g/mol. The zero-order valence-electron chi connectivity index (χ0n) is 29.4. The van der Waals surface area contributed by atoms with E-state index in [9.17, 15) is 13.0 Å². The van der Waals surface area contributed by atoms with Crippen molar-refractivity contribution in [3.05, 3.63) is 119 Å². The van der Waals surface area contributed by atoms with Crippen molar-refractivity contribution in [1.29, 1.82) is 0 Å². The van der Waals surface area contributed by atoms with Gasteiger partial charge >= 0.3 is 0 Å². The summed E-state index contributed by atoms with van der Waals surface area (Å²) >= 11 is 0. The summed E-state index contributed by atoms with van der Waals surface area (Å²) in [6.45, 7) is 9.52. The van der Waals surface area contributed by atoms with E-state index >= 15 is 4.39 Å². The lowest BCUT2D eigenvalue weighted by Gasteiger charge is -2.22. The number of unbranched alkanes of at least 4 members (excludes halogenated alkanes) is 1. The molecule has 0 aliphatic heterocycles. The predicted molar refractivity (Wildman–Crippen MR) is 195 cm³/mol. The van der Waals surface area contributed by atoms with Crippen LogP contribution in [0.5, 0.6) is 5.75 Å². The van der Waals surface area contributed by atoms with Gasteiger partial charge in [-0.05, 0) is 81.7 Å². The van der Waals surface area contributed by atoms with Crippen LogP contribution >= 0.6 is 0 Å². The third-order valence-electron chi connectivity index (χ3n) is 7.48. The van der Waals surface area contributed by atoms with Crippen LogP contribution < -0.4 is 14.8 Å². The van der Waals surface area contributed by atoms with Crippen LogP contribution in [0.15, 0.2) is 84.9 Å². The summed E-state index contributed by atoms with van der Waals surface area (Å²) < 4.78 is 72.8. The number of ether oxygens (including phenoxy) is 2. The van der Waals surface area contributed by atoms with Crippen LogP contribution in [-0.2, 0) is 28.9 Å². The number of hydrogen-bond acceptors (Lipinski definition) is 6. The van der Waals surface area contributed by atoms with E-state index in [1.54, 1.807) is 13.0 Å². The molecule has 5 rings (SSSR count). The first-order chi connectivity index (χ1) is 23.8. The first-order valence-corrected chi connectivity index (χ1v) is 18.0. The van der Waals surface area contributed by atoms with Gasteiger partial charge in [0.05, 0.1) is 17.0 Å². The molecule has 4 N–H and O–H groups in total. The molecule has 50 heavy (non-hydrogen) atoms. The minimum atomic E-state index is -1.65. The number of hydrogen-bond donors (Lipinski definition) is 4. The van der Waals surface area contributed by atoms with Gasteiger partial charge in [-0.1, -0.05) is 80.6 Å². The number of rotatable bonds is 15. The Hall–Kier alpha value is -3.90. The van der Waals surface area contributed by atoms with Gasteiger partial charge in [0.1, 0.15) is 40.5 Å². The highest BCUT2D eigenvalue weighted by atomic mass is 32.2. The molecule has 4 aromatic rings. The number of nitrogens with one attached hydrogen (secondary N) is 2. The van der Waals surface area contributed by atoms with E-state index in [-0.39, 0.29) is 29.4 Å². The highest BCUT2D eigenvalue weighted by Gasteiger charge is 2.48. The Morgan fingerprint density at radius 3 is 1.96 bits per heavy atom. The minimum absolute atomic E-state index is 0.0226. The van der Waals surface area contributed by atoms with Gasteiger partial charge in [-0.15, -0.1) is 0 Å². The first-order valence-electron chi connectivity index (χ1n) is 16.8. The average molecular weight is 715 g/mol. The Labute approximate surface area is 296 Å². The Bertz CT molecular complexity index is 1640. The quantitative estimate of drug-likeness (QED) is 0.0724. The summed E-state index contributed by atoms with van der Waals surface area (Å²) in [4.78, 5) is 0. The van der Waals surface area contributed by atoms with Gasteiger partial charge in [0.2, 0.25) is 0 Å². The number of aryl methyl sites for hydroxylation is 1. The van der Waals surface area contributed by atoms with Gasteiger partial charge in [-0.25, -0.2) is 17.4 Å². The molecule has 7 nitrogen and oxygen atoms in total. The zero-order valence-corrected chi connectivity index (χ0v) is 30.2. The van der Waals surface area contributed by atoms with Gasteiger partial charge in [-0.3, -0.25) is 4.72 Å². The SMILES string of the molecule is CC.CC(C)(O)O.Cc1ccc(Nc2c(F)c(F)cc(OCc3ccccc3)c2NS(=O)C2(CCCCOCc3ccccc3)CC2)c(F)c1. The van der Waals surface area contributed by atoms with Gasteiger partial charge in [0.15, 0.2) is 17.4 Å². The van der Waals surface area contributed by atoms with Gasteiger partial charge < -0.3 is 25.0 Å². The predicted octanol–water partition coefficient (Wildman–Crippen LogP) is 9.46. The Morgan fingerprint density at radius 2 is 1.40 bits per heavy atom. The standard InChI is InChI=1S/C34H35F3N2O3S.C3H8O2.C2H6/c1-24-14-15-29(27(35)20-24)38-33-31(37)28(36)21-30(42-23-26-12-6-3-7-13-26)32(33)39-43(40)34(17-18-34)16-8-9-19-41-22-25-10-4-2-5-11-25;1-3(2,4)5;1-2/h2-7,10-15,20-21,38-39H,8-9,16-19,22-23H2,1H3;4-5H,1-2H3;1-2H3. The molecule has 0 bridgehead atoms. The van der Waals surface area contributed by atoms with E-state index in [0.717, 1.165) is 42.9 Å². The fourth-order valence-electron chi connectivity index (χ4n) is 4.81. The summed E-state index contributed by atoms with van der Waals surface area (Å²) in [5.41, 5.74) is 2.16. The molecule has 0 spiro atoms. The molecular weight excluding hydrogens is 665 g/mol. The second-order valence-electron chi connectivity index (χ2n) is 12.3. The zero-order chi connectivity index (χ0) is 36.7. The summed E-state index contributed by atoms with van der Waals surface area (Å²) in [5.74, 6) is -4.56. The van der Waals surface area contributed by atoms with E-state index in [0.29, 0.717) is 25.2 Å². The van der Waals surface area contributed by atoms with E-state index in [4.69, 9.17) is 19.7 Å². The van der Waals surface area contributed by atoms with Crippen LogP contribution in [0.25, 0.3) is 0 Å². The number of aliphatic hydroxyl groups is 2. The molecule has 1 unspecified atom stereocenters. The fraction of sp³-hybridized carbons (Fsp3) is 0.385. The van der Waals surface area contributed by atoms with E-state index in [1.807, 2.05) is 74.5 Å². The second-order valence-corrected chi connectivity index (χ2v) is 14.0. The molecule has 11 heteroatoms. The van der Waals surface area contributed by atoms with Crippen molar-refractivity contribution in [3.63, 3.8) is 0 Å². The third-order valence-corrected chi connectivity index (χ3v) is 9.27. The number of anilines is 3. The van der Waals surface area contributed by atoms with Crippen LogP contribution in [0.2, 0.25) is 0 Å². The lowest BCUT2D eigenvalue weighted by molar-refractivity contribution is -0.127. The van der Waals surface area contributed by atoms with Crippen LogP contribution in [0.3, 0.4) is 0 Å². The van der Waals surface area contributed by atoms with Crippen molar-refractivity contribution in [2.24, 2.45) is 0 Å². The molecule has 1 aliphatic rings. The average Bonchev–Trinajstić information content (AvgIpc) is 3.88. The van der Waals surface area contributed by atoms with Crippen LogP contribution in [-0.4, -0.2) is 31.6 Å². The second kappa shape index (κ2) is 19.5. The molecule has 272 valence electrons. The lowest BCUT2D eigenvalue weighted by atomic mass is 10.2. The number of benzene rings is 4. The van der Waals surface area contributed by atoms with E-state index in [2.05, 4.69) is 10.0 Å². The molecule has 0 radical (unpaired) electrons. The smallest absolute Gasteiger partial charge is 0.184 e. The van der Waals surface area contributed by atoms with Gasteiger partial charge in [0.25, 0.3) is 0 Å². The molecule has 1 fully saturated rings. The Morgan fingerprint density at radius 1 is 0.820 bits per heavy atom. The Balaban J connectivity index is 0.000000887. The van der Waals surface area contributed by atoms with E-state index < -0.39 is 39.0 Å². The number of halogens is 3. The fourth-order valence-corrected chi connectivity index (χ4v) is 6.22. The highest BCUT2D eigenvalue weighted by molar-refractivity contribution is 7.88. The molecule has 1 aliphatic carbocycles. The topological polar surface area (TPSA) is 100 Å². The van der Waals surface area contributed by atoms with Gasteiger partial charge in [0, 0.05) is 12.7 Å². The van der Waals surface area contributed by atoms with Crippen molar-refractivity contribution in [2.75, 3.05) is 16.6 Å². The lowest BCUT2D eigenvalue weighted by Crippen LogP contribution is -2.24. The Kier molecular flexibility index (Phi) is 15.8. The molecule has 4 aromatic carbocycles. The maximum Gasteiger partial charge on any atom is 0.184 e. The highest BCUT2D eigenvalue weighted by Crippen LogP contribution is 2.48. The minimum Gasteiger partial charge on any atom is -0.487 e. The molecule has 0 heterocycles. The molecular formula is C39H49F3N2O5S. The third kappa shape index (κ3) is 13.1. The van der Waals surface area contributed by atoms with Gasteiger partial charge in [-0.2, -0.15) is 0 Å². The maximum atomic E-state index is 15.3. The summed E-state index contributed by atoms with van der Waals surface area (Å²) in [6, 6.07) is 24.5. The maximum absolute atomic E-state index is 15.3. The molecule has 0 saturated heterocycles. The van der Waals surface area contributed by atoms with E-state index in [1.165, 1.54) is 26.0 Å². The summed E-state index contributed by atoms with van der Waals surface area (Å²) in [6.07, 6.45) is 3.76. The molecule has 0 amide bonds. The largest absolute Gasteiger partial charge is 0.487 e.